The molecule has 0 unspecified atom stereocenters. The van der Waals surface area contributed by atoms with Crippen molar-refractivity contribution in [2.75, 3.05) is 5.32 Å². The lowest BCUT2D eigenvalue weighted by molar-refractivity contribution is 0.628. The zero-order valence-electron chi connectivity index (χ0n) is 15.9. The number of hydrogen-bond donors (Lipinski definition) is 1. The van der Waals surface area contributed by atoms with Crippen LogP contribution >= 0.6 is 11.3 Å². The molecule has 0 spiro atoms. The molecule has 5 rings (SSSR count). The van der Waals surface area contributed by atoms with Crippen LogP contribution in [0.3, 0.4) is 0 Å². The summed E-state index contributed by atoms with van der Waals surface area (Å²) in [5, 5.41) is 5.98. The number of anilines is 2. The van der Waals surface area contributed by atoms with E-state index in [0.29, 0.717) is 11.2 Å². The molecule has 0 saturated heterocycles. The summed E-state index contributed by atoms with van der Waals surface area (Å²) in [6.45, 7) is 0. The number of rotatable bonds is 4. The molecule has 0 aliphatic heterocycles. The number of nitrogens with zero attached hydrogens (tertiary/aromatic N) is 1. The molecular weight excluding hydrogens is 395 g/mol. The van der Waals surface area contributed by atoms with Crippen molar-refractivity contribution < 1.29 is 4.39 Å². The summed E-state index contributed by atoms with van der Waals surface area (Å²) in [6, 6.07) is 27.6. The fourth-order valence-electron chi connectivity index (χ4n) is 3.56. The molecular formula is C25H17FN2OS. The summed E-state index contributed by atoms with van der Waals surface area (Å²) in [7, 11) is 0. The topological polar surface area (TPSA) is 34.0 Å². The maximum Gasteiger partial charge on any atom is 0.193 e. The highest BCUT2D eigenvalue weighted by atomic mass is 32.1. The van der Waals surface area contributed by atoms with Crippen molar-refractivity contribution in [2.45, 2.75) is 0 Å². The van der Waals surface area contributed by atoms with Crippen molar-refractivity contribution in [1.29, 1.82) is 0 Å². The fourth-order valence-corrected chi connectivity index (χ4v) is 4.68. The summed E-state index contributed by atoms with van der Waals surface area (Å²) in [4.78, 5) is 14.0. The summed E-state index contributed by atoms with van der Waals surface area (Å²) in [5.41, 5.74) is 3.42. The second-order valence-corrected chi connectivity index (χ2v) is 7.75. The molecule has 5 heteroatoms. The fraction of sp³-hybridized carbons (Fsp3) is 0. The number of halogens is 1. The lowest BCUT2D eigenvalue weighted by Gasteiger charge is -2.17. The maximum absolute atomic E-state index is 13.4. The average molecular weight is 412 g/mol. The molecule has 0 amide bonds. The van der Waals surface area contributed by atoms with Gasteiger partial charge in [0, 0.05) is 28.4 Å². The van der Waals surface area contributed by atoms with E-state index in [1.165, 1.54) is 23.5 Å². The lowest BCUT2D eigenvalue weighted by atomic mass is 10.1. The van der Waals surface area contributed by atoms with Gasteiger partial charge in [0.25, 0.3) is 0 Å². The molecule has 5 aromatic rings. The lowest BCUT2D eigenvalue weighted by Crippen LogP contribution is -2.11. The van der Waals surface area contributed by atoms with E-state index >= 15 is 0 Å². The maximum atomic E-state index is 13.4. The Morgan fingerprint density at radius 1 is 0.833 bits per heavy atom. The van der Waals surface area contributed by atoms with Gasteiger partial charge >= 0.3 is 0 Å². The molecule has 2 aromatic heterocycles. The second kappa shape index (κ2) is 7.61. The van der Waals surface area contributed by atoms with E-state index < -0.39 is 0 Å². The van der Waals surface area contributed by atoms with Crippen molar-refractivity contribution in [2.24, 2.45) is 0 Å². The second-order valence-electron chi connectivity index (χ2n) is 6.89. The van der Waals surface area contributed by atoms with Crippen LogP contribution in [0.4, 0.5) is 15.9 Å². The van der Waals surface area contributed by atoms with Gasteiger partial charge in [-0.15, -0.1) is 11.3 Å². The molecule has 0 atom stereocenters. The smallest absolute Gasteiger partial charge is 0.193 e. The van der Waals surface area contributed by atoms with Gasteiger partial charge in [-0.2, -0.15) is 0 Å². The molecule has 0 bridgehead atoms. The summed E-state index contributed by atoms with van der Waals surface area (Å²) in [5.74, 6) is 0.395. The van der Waals surface area contributed by atoms with E-state index in [9.17, 15) is 9.18 Å². The number of para-hydroxylation sites is 2. The van der Waals surface area contributed by atoms with Gasteiger partial charge in [-0.3, -0.25) is 9.36 Å². The molecule has 0 fully saturated rings. The molecule has 0 radical (unpaired) electrons. The summed E-state index contributed by atoms with van der Waals surface area (Å²) < 4.78 is 15.5. The molecule has 1 N–H and O–H groups in total. The number of benzene rings is 3. The van der Waals surface area contributed by atoms with Crippen LogP contribution in [-0.2, 0) is 0 Å². The Morgan fingerprint density at radius 3 is 2.20 bits per heavy atom. The minimum Gasteiger partial charge on any atom is -0.341 e. The third-order valence-corrected chi connectivity index (χ3v) is 5.91. The van der Waals surface area contributed by atoms with Crippen LogP contribution in [0.25, 0.3) is 27.0 Å². The Kier molecular flexibility index (Phi) is 4.65. The van der Waals surface area contributed by atoms with Gasteiger partial charge in [-0.25, -0.2) is 4.39 Å². The molecule has 0 aliphatic rings. The molecule has 0 saturated carbocycles. The van der Waals surface area contributed by atoms with Crippen LogP contribution in [0.1, 0.15) is 0 Å². The zero-order valence-corrected chi connectivity index (χ0v) is 16.7. The Labute approximate surface area is 176 Å². The van der Waals surface area contributed by atoms with Crippen LogP contribution < -0.4 is 10.7 Å². The molecule has 3 aromatic carbocycles. The van der Waals surface area contributed by atoms with Crippen LogP contribution in [0.5, 0.6) is 0 Å². The van der Waals surface area contributed by atoms with Crippen molar-refractivity contribution in [3.05, 3.63) is 112 Å². The van der Waals surface area contributed by atoms with Crippen molar-refractivity contribution in [3.63, 3.8) is 0 Å². The van der Waals surface area contributed by atoms with Gasteiger partial charge in [0.15, 0.2) is 5.43 Å². The SMILES string of the molecule is O=c1cc(Nc2ccccc2)n(-c2ccccc2)c2scc(-c3ccc(F)cc3)c12. The number of pyridine rings is 1. The molecule has 0 aliphatic carbocycles. The van der Waals surface area contributed by atoms with E-state index in [2.05, 4.69) is 9.88 Å². The van der Waals surface area contributed by atoms with E-state index in [1.807, 2.05) is 66.0 Å². The number of aromatic nitrogens is 1. The Balaban J connectivity index is 1.77. The van der Waals surface area contributed by atoms with Crippen molar-refractivity contribution >= 4 is 33.1 Å². The van der Waals surface area contributed by atoms with Crippen LogP contribution in [0.2, 0.25) is 0 Å². The van der Waals surface area contributed by atoms with Gasteiger partial charge in [0.1, 0.15) is 16.5 Å². The first-order valence-electron chi connectivity index (χ1n) is 9.51. The van der Waals surface area contributed by atoms with Crippen LogP contribution in [0.15, 0.2) is 101 Å². The first-order chi connectivity index (χ1) is 14.7. The van der Waals surface area contributed by atoms with E-state index in [0.717, 1.165) is 27.3 Å². The van der Waals surface area contributed by atoms with Gasteiger partial charge < -0.3 is 5.32 Å². The van der Waals surface area contributed by atoms with Gasteiger partial charge in [0.05, 0.1) is 5.39 Å². The third kappa shape index (κ3) is 3.29. The zero-order chi connectivity index (χ0) is 20.5. The molecule has 146 valence electrons. The Morgan fingerprint density at radius 2 is 1.50 bits per heavy atom. The monoisotopic (exact) mass is 412 g/mol. The van der Waals surface area contributed by atoms with Crippen LogP contribution in [0, 0.1) is 5.82 Å². The van der Waals surface area contributed by atoms with Crippen molar-refractivity contribution in [3.8, 4) is 16.8 Å². The largest absolute Gasteiger partial charge is 0.341 e. The standard InChI is InChI=1S/C25H17FN2OS/c26-18-13-11-17(12-14-18)21-16-30-25-24(21)22(29)15-23(27-19-7-3-1-4-8-19)28(25)20-9-5-2-6-10-20/h1-16,27H. The molecule has 30 heavy (non-hydrogen) atoms. The van der Waals surface area contributed by atoms with Crippen molar-refractivity contribution in [1.82, 2.24) is 4.57 Å². The number of hydrogen-bond acceptors (Lipinski definition) is 3. The highest BCUT2D eigenvalue weighted by Crippen LogP contribution is 2.35. The number of thiophene rings is 1. The van der Waals surface area contributed by atoms with E-state index in [4.69, 9.17) is 0 Å². The quantitative estimate of drug-likeness (QED) is 0.361. The number of fused-ring (bicyclic) bond motifs is 1. The Bertz CT molecular complexity index is 1370. The molecule has 2 heterocycles. The summed E-state index contributed by atoms with van der Waals surface area (Å²) >= 11 is 1.50. The predicted molar refractivity (Wildman–Crippen MR) is 123 cm³/mol. The first kappa shape index (κ1) is 18.3. The third-order valence-electron chi connectivity index (χ3n) is 4.95. The van der Waals surface area contributed by atoms with E-state index in [-0.39, 0.29) is 11.2 Å². The minimum atomic E-state index is -0.297. The Hall–Kier alpha value is -3.70. The van der Waals surface area contributed by atoms with Gasteiger partial charge in [-0.1, -0.05) is 48.5 Å². The summed E-state index contributed by atoms with van der Waals surface area (Å²) in [6.07, 6.45) is 0. The normalized spacial score (nSPS) is 11.0. The number of nitrogens with one attached hydrogen (secondary N) is 1. The minimum absolute atomic E-state index is 0.0730. The van der Waals surface area contributed by atoms with E-state index in [1.54, 1.807) is 18.2 Å². The highest BCUT2D eigenvalue weighted by molar-refractivity contribution is 7.17. The van der Waals surface area contributed by atoms with Gasteiger partial charge in [0.2, 0.25) is 0 Å². The first-order valence-corrected chi connectivity index (χ1v) is 10.4. The van der Waals surface area contributed by atoms with Crippen LogP contribution in [-0.4, -0.2) is 4.57 Å². The molecule has 3 nitrogen and oxygen atoms in total. The van der Waals surface area contributed by atoms with Gasteiger partial charge in [-0.05, 0) is 42.0 Å². The predicted octanol–water partition coefficient (Wildman–Crippen LogP) is 6.60. The average Bonchev–Trinajstić information content (AvgIpc) is 3.21. The highest BCUT2D eigenvalue weighted by Gasteiger charge is 2.17.